The Morgan fingerprint density at radius 2 is 1.36 bits per heavy atom. The quantitative estimate of drug-likeness (QED) is 0.201. The third-order valence-electron chi connectivity index (χ3n) is 9.34. The number of aliphatic hydroxyl groups is 1. The first kappa shape index (κ1) is 32.4. The first-order valence-corrected chi connectivity index (χ1v) is 15.0. The number of nitrogens with zero attached hydrogens (tertiary/aromatic N) is 1. The average Bonchev–Trinajstić information content (AvgIpc) is 3.00. The van der Waals surface area contributed by atoms with Gasteiger partial charge in [0, 0.05) is 17.9 Å². The molecule has 3 aromatic carbocycles. The molecule has 0 spiro atoms. The van der Waals surface area contributed by atoms with Gasteiger partial charge in [-0.15, -0.1) is 0 Å². The van der Waals surface area contributed by atoms with E-state index in [2.05, 4.69) is 4.90 Å². The van der Waals surface area contributed by atoms with Crippen LogP contribution in [0.1, 0.15) is 78.7 Å². The van der Waals surface area contributed by atoms with E-state index >= 15 is 0 Å². The smallest absolute Gasteiger partial charge is 0.368 e. The van der Waals surface area contributed by atoms with E-state index in [1.807, 2.05) is 42.5 Å². The molecule has 1 atom stereocenters. The lowest BCUT2D eigenvalue weighted by Gasteiger charge is -2.46. The minimum absolute atomic E-state index is 0.0774. The van der Waals surface area contributed by atoms with Gasteiger partial charge < -0.3 is 14.7 Å². The van der Waals surface area contributed by atoms with Crippen molar-refractivity contribution in [1.29, 1.82) is 0 Å². The molecule has 5 rings (SSSR count). The summed E-state index contributed by atoms with van der Waals surface area (Å²) in [5.41, 5.74) is -1.41. The predicted molar refractivity (Wildman–Crippen MR) is 152 cm³/mol. The van der Waals surface area contributed by atoms with Crippen LogP contribution in [0, 0.1) is 5.82 Å². The summed E-state index contributed by atoms with van der Waals surface area (Å²) < 4.78 is 98.6. The number of hydrogen-bond donors (Lipinski definition) is 1. The van der Waals surface area contributed by atoms with E-state index in [-0.39, 0.29) is 23.9 Å². The van der Waals surface area contributed by atoms with Crippen molar-refractivity contribution in [3.8, 4) is 0 Å². The SMILES string of the molecule is OC(C[C@]1(c2ccccc2)CC[C@@H](N2CCC(c3ccc(F)cc3)CC2)CC1)OCc1cc(C(F)(F)F)cc(C(F)(F)F)c1. The van der Waals surface area contributed by atoms with Crippen molar-refractivity contribution in [2.45, 2.75) is 87.6 Å². The van der Waals surface area contributed by atoms with E-state index in [0.717, 1.165) is 62.7 Å². The molecule has 1 aliphatic heterocycles. The topological polar surface area (TPSA) is 32.7 Å². The van der Waals surface area contributed by atoms with Gasteiger partial charge in [0.1, 0.15) is 5.82 Å². The van der Waals surface area contributed by atoms with E-state index in [0.29, 0.717) is 24.1 Å². The largest absolute Gasteiger partial charge is 0.416 e. The maximum Gasteiger partial charge on any atom is 0.416 e. The number of ether oxygens (including phenoxy) is 1. The minimum atomic E-state index is -4.96. The third-order valence-corrected chi connectivity index (χ3v) is 9.34. The molecule has 1 saturated carbocycles. The van der Waals surface area contributed by atoms with Crippen LogP contribution in [-0.4, -0.2) is 35.4 Å². The highest BCUT2D eigenvalue weighted by Crippen LogP contribution is 2.45. The van der Waals surface area contributed by atoms with Crippen LogP contribution in [0.15, 0.2) is 72.8 Å². The van der Waals surface area contributed by atoms with Crippen LogP contribution in [0.3, 0.4) is 0 Å². The van der Waals surface area contributed by atoms with Crippen LogP contribution >= 0.6 is 0 Å². The fourth-order valence-electron chi connectivity index (χ4n) is 6.94. The standard InChI is InChI=1S/C34H36F7NO2/c35-29-8-6-24(7-9-29)25-12-16-42(17-13-25)30-10-14-32(15-11-30,26-4-2-1-3-5-26)21-31(43)44-22-23-18-27(33(36,37)38)20-28(19-23)34(39,40)41/h1-9,18-20,25,30-31,43H,10-17,21-22H2/t30-,31?,32+. The highest BCUT2D eigenvalue weighted by Gasteiger charge is 2.41. The summed E-state index contributed by atoms with van der Waals surface area (Å²) in [6.45, 7) is 1.28. The molecule has 0 amide bonds. The first-order valence-electron chi connectivity index (χ1n) is 15.0. The lowest BCUT2D eigenvalue weighted by atomic mass is 9.65. The Bertz CT molecular complexity index is 1330. The molecule has 1 N–H and O–H groups in total. The van der Waals surface area contributed by atoms with Crippen molar-refractivity contribution < 1.29 is 40.6 Å². The number of piperidine rings is 1. The third kappa shape index (κ3) is 7.82. The molecule has 0 radical (unpaired) electrons. The number of aliphatic hydroxyl groups excluding tert-OH is 1. The van der Waals surface area contributed by atoms with Crippen molar-refractivity contribution in [3.05, 3.63) is 106 Å². The summed E-state index contributed by atoms with van der Waals surface area (Å²) in [5, 5.41) is 10.9. The molecule has 44 heavy (non-hydrogen) atoms. The Labute approximate surface area is 252 Å². The Morgan fingerprint density at radius 3 is 1.91 bits per heavy atom. The van der Waals surface area contributed by atoms with Gasteiger partial charge in [0.2, 0.25) is 0 Å². The van der Waals surface area contributed by atoms with Gasteiger partial charge in [-0.1, -0.05) is 42.5 Å². The van der Waals surface area contributed by atoms with E-state index in [4.69, 9.17) is 4.74 Å². The highest BCUT2D eigenvalue weighted by molar-refractivity contribution is 5.33. The van der Waals surface area contributed by atoms with Gasteiger partial charge in [0.05, 0.1) is 17.7 Å². The Kier molecular flexibility index (Phi) is 9.72. The Hall–Kier alpha value is -2.95. The zero-order chi connectivity index (χ0) is 31.5. The Morgan fingerprint density at radius 1 is 0.795 bits per heavy atom. The fraction of sp³-hybridized carbons (Fsp3) is 0.471. The summed E-state index contributed by atoms with van der Waals surface area (Å²) in [4.78, 5) is 2.51. The second-order valence-corrected chi connectivity index (χ2v) is 12.1. The highest BCUT2D eigenvalue weighted by atomic mass is 19.4. The van der Waals surface area contributed by atoms with Crippen molar-refractivity contribution in [2.75, 3.05) is 13.1 Å². The van der Waals surface area contributed by atoms with Crippen molar-refractivity contribution in [2.24, 2.45) is 0 Å². The lowest BCUT2D eigenvalue weighted by molar-refractivity contribution is -0.143. The van der Waals surface area contributed by atoms with Crippen LogP contribution in [0.25, 0.3) is 0 Å². The Balaban J connectivity index is 1.23. The summed E-state index contributed by atoms with van der Waals surface area (Å²) in [6.07, 6.45) is -5.89. The van der Waals surface area contributed by atoms with Crippen LogP contribution < -0.4 is 0 Å². The normalized spacial score (nSPS) is 23.0. The molecule has 2 fully saturated rings. The zero-order valence-corrected chi connectivity index (χ0v) is 24.2. The maximum absolute atomic E-state index is 13.3. The van der Waals surface area contributed by atoms with Gasteiger partial charge in [-0.25, -0.2) is 4.39 Å². The minimum Gasteiger partial charge on any atom is -0.368 e. The molecule has 1 aliphatic carbocycles. The molecular formula is C34H36F7NO2. The summed E-state index contributed by atoms with van der Waals surface area (Å²) in [6, 6.07) is 18.1. The molecular weight excluding hydrogens is 587 g/mol. The van der Waals surface area contributed by atoms with Crippen molar-refractivity contribution in [3.63, 3.8) is 0 Å². The van der Waals surface area contributed by atoms with Crippen molar-refractivity contribution >= 4 is 0 Å². The number of benzene rings is 3. The van der Waals surface area contributed by atoms with Crippen LogP contribution in [0.4, 0.5) is 30.7 Å². The number of rotatable bonds is 8. The fourth-order valence-corrected chi connectivity index (χ4v) is 6.94. The molecule has 0 aromatic heterocycles. The number of likely N-dealkylation sites (tertiary alicyclic amines) is 1. The monoisotopic (exact) mass is 623 g/mol. The summed E-state index contributed by atoms with van der Waals surface area (Å²) in [5.74, 6) is 0.159. The van der Waals surface area contributed by atoms with E-state index < -0.39 is 41.8 Å². The molecule has 1 unspecified atom stereocenters. The molecule has 1 heterocycles. The van der Waals surface area contributed by atoms with Crippen LogP contribution in [0.2, 0.25) is 0 Å². The first-order chi connectivity index (χ1) is 20.8. The molecule has 3 nitrogen and oxygen atoms in total. The summed E-state index contributed by atoms with van der Waals surface area (Å²) >= 11 is 0. The van der Waals surface area contributed by atoms with Gasteiger partial charge in [-0.3, -0.25) is 0 Å². The number of halogens is 7. The average molecular weight is 624 g/mol. The van der Waals surface area contributed by atoms with Crippen LogP contribution in [-0.2, 0) is 29.1 Å². The number of alkyl halides is 6. The van der Waals surface area contributed by atoms with Gasteiger partial charge in [0.15, 0.2) is 6.29 Å². The van der Waals surface area contributed by atoms with Gasteiger partial charge in [0.25, 0.3) is 0 Å². The predicted octanol–water partition coefficient (Wildman–Crippen LogP) is 8.85. The van der Waals surface area contributed by atoms with E-state index in [1.54, 1.807) is 0 Å². The molecule has 3 aromatic rings. The van der Waals surface area contributed by atoms with Gasteiger partial charge >= 0.3 is 12.4 Å². The van der Waals surface area contributed by atoms with E-state index in [1.165, 1.54) is 12.1 Å². The summed E-state index contributed by atoms with van der Waals surface area (Å²) in [7, 11) is 0. The maximum atomic E-state index is 13.3. The second-order valence-electron chi connectivity index (χ2n) is 12.1. The molecule has 0 bridgehead atoms. The zero-order valence-electron chi connectivity index (χ0n) is 24.2. The lowest BCUT2D eigenvalue weighted by Crippen LogP contribution is -2.46. The molecule has 238 valence electrons. The number of hydrogen-bond acceptors (Lipinski definition) is 3. The molecule has 10 heteroatoms. The molecule has 2 aliphatic rings. The molecule has 1 saturated heterocycles. The van der Waals surface area contributed by atoms with Gasteiger partial charge in [-0.2, -0.15) is 26.3 Å². The van der Waals surface area contributed by atoms with Crippen LogP contribution in [0.5, 0.6) is 0 Å². The second kappa shape index (κ2) is 13.2. The van der Waals surface area contributed by atoms with E-state index in [9.17, 15) is 35.8 Å². The van der Waals surface area contributed by atoms with Gasteiger partial charge in [-0.05, 0) is 105 Å². The van der Waals surface area contributed by atoms with Crippen molar-refractivity contribution in [1.82, 2.24) is 4.90 Å².